The van der Waals surface area contributed by atoms with Crippen molar-refractivity contribution in [2.24, 2.45) is 5.92 Å². The molecular weight excluding hydrogens is 346 g/mol. The van der Waals surface area contributed by atoms with E-state index in [0.717, 1.165) is 11.1 Å². The first-order chi connectivity index (χ1) is 13.0. The summed E-state index contributed by atoms with van der Waals surface area (Å²) >= 11 is 0. The molecule has 1 amide bonds. The van der Waals surface area contributed by atoms with E-state index in [1.807, 2.05) is 38.1 Å². The van der Waals surface area contributed by atoms with Crippen LogP contribution >= 0.6 is 0 Å². The zero-order chi connectivity index (χ0) is 19.0. The van der Waals surface area contributed by atoms with Crippen LogP contribution in [0.4, 0.5) is 5.69 Å². The molecule has 140 valence electrons. The van der Waals surface area contributed by atoms with Crippen LogP contribution in [0.25, 0.3) is 0 Å². The molecule has 0 aliphatic carbocycles. The summed E-state index contributed by atoms with van der Waals surface area (Å²) in [5, 5.41) is 0. The largest absolute Gasteiger partial charge is 0.486 e. The van der Waals surface area contributed by atoms with Gasteiger partial charge in [-0.25, -0.2) is 0 Å². The minimum absolute atomic E-state index is 0.102. The monoisotopic (exact) mass is 367 g/mol. The van der Waals surface area contributed by atoms with E-state index in [0.29, 0.717) is 42.7 Å². The van der Waals surface area contributed by atoms with Gasteiger partial charge in [-0.05, 0) is 37.1 Å². The first-order valence-electron chi connectivity index (χ1n) is 9.01. The molecule has 2 aliphatic heterocycles. The Kier molecular flexibility index (Phi) is 4.48. The van der Waals surface area contributed by atoms with Crippen LogP contribution in [0.2, 0.25) is 0 Å². The Bertz CT molecular complexity index is 887. The van der Waals surface area contributed by atoms with E-state index in [-0.39, 0.29) is 18.3 Å². The average Bonchev–Trinajstić information content (AvgIpc) is 3.06. The van der Waals surface area contributed by atoms with Gasteiger partial charge >= 0.3 is 5.97 Å². The molecule has 0 bridgehead atoms. The molecule has 1 atom stereocenters. The van der Waals surface area contributed by atoms with Crippen LogP contribution in [0.5, 0.6) is 17.2 Å². The average molecular weight is 367 g/mol. The molecule has 0 radical (unpaired) electrons. The fourth-order valence-electron chi connectivity index (χ4n) is 3.46. The first-order valence-corrected chi connectivity index (χ1v) is 9.01. The van der Waals surface area contributed by atoms with E-state index in [9.17, 15) is 9.59 Å². The van der Waals surface area contributed by atoms with Crippen molar-refractivity contribution < 1.29 is 23.8 Å². The third-order valence-electron chi connectivity index (χ3n) is 4.91. The lowest BCUT2D eigenvalue weighted by Gasteiger charge is -2.22. The Morgan fingerprint density at radius 2 is 1.78 bits per heavy atom. The molecule has 0 N–H and O–H groups in total. The van der Waals surface area contributed by atoms with Crippen molar-refractivity contribution in [2.75, 3.05) is 24.7 Å². The van der Waals surface area contributed by atoms with Gasteiger partial charge in [-0.2, -0.15) is 0 Å². The van der Waals surface area contributed by atoms with E-state index in [1.54, 1.807) is 17.0 Å². The number of nitrogens with zero attached hydrogens (tertiary/aromatic N) is 1. The zero-order valence-corrected chi connectivity index (χ0v) is 15.4. The number of anilines is 1. The molecule has 0 spiro atoms. The Morgan fingerprint density at radius 1 is 1.07 bits per heavy atom. The molecule has 6 nitrogen and oxygen atoms in total. The van der Waals surface area contributed by atoms with Crippen LogP contribution in [0.15, 0.2) is 36.4 Å². The molecule has 2 aliphatic rings. The maximum absolute atomic E-state index is 12.6. The summed E-state index contributed by atoms with van der Waals surface area (Å²) < 4.78 is 16.7. The number of esters is 1. The highest BCUT2D eigenvalue weighted by atomic mass is 16.6. The standard InChI is InChI=1S/C21H21NO5/c1-13-4-3-5-14(2)20(13)27-21(24)15-10-19(23)22(12-15)16-6-7-17-18(11-16)26-9-8-25-17/h3-7,11,15H,8-10,12H2,1-2H3/t15-/m1/s1. The van der Waals surface area contributed by atoms with Crippen molar-refractivity contribution >= 4 is 17.6 Å². The predicted octanol–water partition coefficient (Wildman–Crippen LogP) is 3.03. The second-order valence-corrected chi connectivity index (χ2v) is 6.88. The van der Waals surface area contributed by atoms with Gasteiger partial charge < -0.3 is 19.1 Å². The number of para-hydroxylation sites is 1. The van der Waals surface area contributed by atoms with Crippen molar-refractivity contribution in [3.05, 3.63) is 47.5 Å². The van der Waals surface area contributed by atoms with E-state index in [1.165, 1.54) is 0 Å². The van der Waals surface area contributed by atoms with Crippen LogP contribution in [-0.2, 0) is 9.59 Å². The van der Waals surface area contributed by atoms with Gasteiger partial charge in [0.1, 0.15) is 19.0 Å². The minimum atomic E-state index is -0.496. The summed E-state index contributed by atoms with van der Waals surface area (Å²) in [6, 6.07) is 11.1. The molecule has 1 saturated heterocycles. The summed E-state index contributed by atoms with van der Waals surface area (Å²) in [5.41, 5.74) is 2.50. The van der Waals surface area contributed by atoms with Crippen LogP contribution in [0.3, 0.4) is 0 Å². The highest BCUT2D eigenvalue weighted by Gasteiger charge is 2.37. The van der Waals surface area contributed by atoms with Crippen molar-refractivity contribution in [1.29, 1.82) is 0 Å². The van der Waals surface area contributed by atoms with Gasteiger partial charge in [0.05, 0.1) is 5.92 Å². The van der Waals surface area contributed by atoms with Gasteiger partial charge in [-0.15, -0.1) is 0 Å². The van der Waals surface area contributed by atoms with Crippen molar-refractivity contribution in [3.8, 4) is 17.2 Å². The SMILES string of the molecule is Cc1cccc(C)c1OC(=O)[C@@H]1CC(=O)N(c2ccc3c(c2)OCCO3)C1. The molecule has 2 aromatic rings. The number of amides is 1. The van der Waals surface area contributed by atoms with Gasteiger partial charge in [0.15, 0.2) is 11.5 Å². The second-order valence-electron chi connectivity index (χ2n) is 6.88. The Morgan fingerprint density at radius 3 is 2.52 bits per heavy atom. The quantitative estimate of drug-likeness (QED) is 0.616. The number of hydrogen-bond donors (Lipinski definition) is 0. The van der Waals surface area contributed by atoms with Crippen molar-refractivity contribution in [1.82, 2.24) is 0 Å². The summed E-state index contributed by atoms with van der Waals surface area (Å²) in [6.45, 7) is 5.09. The molecule has 0 saturated carbocycles. The van der Waals surface area contributed by atoms with Crippen LogP contribution < -0.4 is 19.1 Å². The zero-order valence-electron chi connectivity index (χ0n) is 15.4. The maximum atomic E-state index is 12.6. The highest BCUT2D eigenvalue weighted by molar-refractivity contribution is 6.00. The highest BCUT2D eigenvalue weighted by Crippen LogP contribution is 2.36. The fraction of sp³-hybridized carbons (Fsp3) is 0.333. The number of hydrogen-bond acceptors (Lipinski definition) is 5. The van der Waals surface area contributed by atoms with Gasteiger partial charge in [0, 0.05) is 24.7 Å². The predicted molar refractivity (Wildman–Crippen MR) is 99.4 cm³/mol. The lowest BCUT2D eigenvalue weighted by molar-refractivity contribution is -0.139. The smallest absolute Gasteiger partial charge is 0.316 e. The number of ether oxygens (including phenoxy) is 3. The third-order valence-corrected chi connectivity index (χ3v) is 4.91. The molecule has 6 heteroatoms. The molecule has 1 fully saturated rings. The number of rotatable bonds is 3. The Labute approximate surface area is 157 Å². The first kappa shape index (κ1) is 17.4. The van der Waals surface area contributed by atoms with Crippen molar-refractivity contribution in [2.45, 2.75) is 20.3 Å². The topological polar surface area (TPSA) is 65.1 Å². The number of carbonyl (C=O) groups is 2. The van der Waals surface area contributed by atoms with Crippen LogP contribution in [0, 0.1) is 19.8 Å². The summed E-state index contributed by atoms with van der Waals surface area (Å²) in [5.74, 6) is 0.893. The van der Waals surface area contributed by atoms with Gasteiger partial charge in [0.2, 0.25) is 5.91 Å². The Hall–Kier alpha value is -3.02. The fourth-order valence-corrected chi connectivity index (χ4v) is 3.46. The second kappa shape index (κ2) is 6.95. The van der Waals surface area contributed by atoms with Gasteiger partial charge in [0.25, 0.3) is 0 Å². The molecular formula is C21H21NO5. The van der Waals surface area contributed by atoms with Crippen LogP contribution in [0.1, 0.15) is 17.5 Å². The summed E-state index contributed by atoms with van der Waals surface area (Å²) in [7, 11) is 0. The number of carbonyl (C=O) groups excluding carboxylic acids is 2. The summed E-state index contributed by atoms with van der Waals surface area (Å²) in [4.78, 5) is 26.7. The molecule has 27 heavy (non-hydrogen) atoms. The normalized spacial score (nSPS) is 18.5. The maximum Gasteiger partial charge on any atom is 0.316 e. The minimum Gasteiger partial charge on any atom is -0.486 e. The van der Waals surface area contributed by atoms with E-state index in [2.05, 4.69) is 0 Å². The number of benzene rings is 2. The van der Waals surface area contributed by atoms with Crippen LogP contribution in [-0.4, -0.2) is 31.6 Å². The summed E-state index contributed by atoms with van der Waals surface area (Å²) in [6.07, 6.45) is 0.137. The van der Waals surface area contributed by atoms with E-state index < -0.39 is 5.92 Å². The molecule has 2 aromatic carbocycles. The molecule has 2 heterocycles. The Balaban J connectivity index is 1.50. The lowest BCUT2D eigenvalue weighted by atomic mass is 10.1. The number of aryl methyl sites for hydroxylation is 2. The van der Waals surface area contributed by atoms with E-state index in [4.69, 9.17) is 14.2 Å². The van der Waals surface area contributed by atoms with Gasteiger partial charge in [-0.3, -0.25) is 9.59 Å². The molecule has 0 aromatic heterocycles. The molecule has 0 unspecified atom stereocenters. The van der Waals surface area contributed by atoms with Crippen molar-refractivity contribution in [3.63, 3.8) is 0 Å². The van der Waals surface area contributed by atoms with Gasteiger partial charge in [-0.1, -0.05) is 18.2 Å². The molecule has 4 rings (SSSR count). The lowest BCUT2D eigenvalue weighted by Crippen LogP contribution is -2.27. The third kappa shape index (κ3) is 3.35. The van der Waals surface area contributed by atoms with E-state index >= 15 is 0 Å². The number of fused-ring (bicyclic) bond motifs is 1.